The summed E-state index contributed by atoms with van der Waals surface area (Å²) in [4.78, 5) is 11.9. The highest BCUT2D eigenvalue weighted by Gasteiger charge is 2.13. The van der Waals surface area contributed by atoms with Gasteiger partial charge in [-0.1, -0.05) is 53.0 Å². The van der Waals surface area contributed by atoms with Gasteiger partial charge in [0.1, 0.15) is 5.75 Å². The lowest BCUT2D eigenvalue weighted by molar-refractivity contribution is -0.123. The number of hydrogen-bond donors (Lipinski definition) is 1. The van der Waals surface area contributed by atoms with Gasteiger partial charge >= 0.3 is 0 Å². The molecule has 0 bridgehead atoms. The van der Waals surface area contributed by atoms with Crippen LogP contribution in [0.1, 0.15) is 18.5 Å². The summed E-state index contributed by atoms with van der Waals surface area (Å²) >= 11 is 17.9. The first-order chi connectivity index (χ1) is 10.5. The van der Waals surface area contributed by atoms with Crippen molar-refractivity contribution in [2.75, 3.05) is 6.61 Å². The lowest BCUT2D eigenvalue weighted by Gasteiger charge is -2.16. The summed E-state index contributed by atoms with van der Waals surface area (Å²) < 4.78 is 5.38. The van der Waals surface area contributed by atoms with Crippen molar-refractivity contribution < 1.29 is 9.53 Å². The third kappa shape index (κ3) is 4.54. The van der Waals surface area contributed by atoms with E-state index in [2.05, 4.69) is 5.32 Å². The van der Waals surface area contributed by atoms with Gasteiger partial charge in [0.05, 0.1) is 11.1 Å². The normalized spacial score (nSPS) is 11.8. The van der Waals surface area contributed by atoms with Crippen LogP contribution in [0.15, 0.2) is 42.5 Å². The van der Waals surface area contributed by atoms with Crippen molar-refractivity contribution in [1.29, 1.82) is 0 Å². The van der Waals surface area contributed by atoms with Gasteiger partial charge in [-0.25, -0.2) is 0 Å². The van der Waals surface area contributed by atoms with Gasteiger partial charge in [-0.2, -0.15) is 0 Å². The van der Waals surface area contributed by atoms with Crippen LogP contribution in [-0.4, -0.2) is 12.5 Å². The Kier molecular flexibility index (Phi) is 5.95. The molecule has 3 nitrogen and oxygen atoms in total. The van der Waals surface area contributed by atoms with Gasteiger partial charge in [0, 0.05) is 10.0 Å². The predicted molar refractivity (Wildman–Crippen MR) is 90.0 cm³/mol. The van der Waals surface area contributed by atoms with Gasteiger partial charge < -0.3 is 10.1 Å². The average molecular weight is 359 g/mol. The minimum atomic E-state index is -0.265. The minimum Gasteiger partial charge on any atom is -0.482 e. The zero-order valence-corrected chi connectivity index (χ0v) is 14.0. The number of hydrogen-bond acceptors (Lipinski definition) is 2. The molecule has 2 rings (SSSR count). The quantitative estimate of drug-likeness (QED) is 0.825. The molecular weight excluding hydrogens is 345 g/mol. The van der Waals surface area contributed by atoms with E-state index in [1.807, 2.05) is 25.1 Å². The van der Waals surface area contributed by atoms with Gasteiger partial charge in [-0.3, -0.25) is 4.79 Å². The Morgan fingerprint density at radius 1 is 1.14 bits per heavy atom. The molecule has 0 saturated carbocycles. The van der Waals surface area contributed by atoms with E-state index in [1.54, 1.807) is 24.3 Å². The van der Waals surface area contributed by atoms with Gasteiger partial charge in [0.2, 0.25) is 0 Å². The highest BCUT2D eigenvalue weighted by molar-refractivity contribution is 6.35. The number of carbonyl (C=O) groups is 1. The topological polar surface area (TPSA) is 38.3 Å². The first kappa shape index (κ1) is 16.9. The maximum Gasteiger partial charge on any atom is 0.258 e. The summed E-state index contributed by atoms with van der Waals surface area (Å²) in [5.74, 6) is 0.144. The molecule has 0 aliphatic carbocycles. The van der Waals surface area contributed by atoms with Gasteiger partial charge in [-0.15, -0.1) is 0 Å². The van der Waals surface area contributed by atoms with Gasteiger partial charge in [0.15, 0.2) is 6.61 Å². The maximum atomic E-state index is 11.9. The van der Waals surface area contributed by atoms with Crippen LogP contribution in [-0.2, 0) is 4.79 Å². The first-order valence-electron chi connectivity index (χ1n) is 6.59. The summed E-state index contributed by atoms with van der Waals surface area (Å²) in [5, 5.41) is 4.30. The molecule has 0 aliphatic heterocycles. The molecule has 0 radical (unpaired) electrons. The zero-order chi connectivity index (χ0) is 16.1. The van der Waals surface area contributed by atoms with Crippen LogP contribution in [0.4, 0.5) is 0 Å². The molecule has 116 valence electrons. The molecule has 0 aliphatic rings. The third-order valence-corrected chi connectivity index (χ3v) is 3.88. The van der Waals surface area contributed by atoms with Crippen molar-refractivity contribution in [2.24, 2.45) is 0 Å². The Bertz CT molecular complexity index is 676. The van der Waals surface area contributed by atoms with Crippen LogP contribution in [0.2, 0.25) is 15.1 Å². The summed E-state index contributed by atoms with van der Waals surface area (Å²) in [7, 11) is 0. The fourth-order valence-corrected chi connectivity index (χ4v) is 2.69. The molecule has 0 fully saturated rings. The molecule has 1 amide bonds. The number of carbonyl (C=O) groups excluding carboxylic acids is 1. The van der Waals surface area contributed by atoms with E-state index in [9.17, 15) is 4.79 Å². The number of halogens is 3. The molecule has 0 spiro atoms. The van der Waals surface area contributed by atoms with E-state index in [4.69, 9.17) is 39.5 Å². The molecule has 1 atom stereocenters. The van der Waals surface area contributed by atoms with Crippen molar-refractivity contribution in [1.82, 2.24) is 5.32 Å². The maximum absolute atomic E-state index is 11.9. The molecule has 1 N–H and O–H groups in total. The molecular formula is C16H14Cl3NO2. The molecule has 0 heterocycles. The number of nitrogens with one attached hydrogen (secondary N) is 1. The second-order valence-electron chi connectivity index (χ2n) is 4.67. The third-order valence-electron chi connectivity index (χ3n) is 3.00. The SMILES string of the molecule is C[C@H](NC(=O)COc1ccc(Cl)cc1Cl)c1ccccc1Cl. The Hall–Kier alpha value is -1.42. The van der Waals surface area contributed by atoms with E-state index in [0.717, 1.165) is 5.56 Å². The highest BCUT2D eigenvalue weighted by atomic mass is 35.5. The fourth-order valence-electron chi connectivity index (χ4n) is 1.92. The smallest absolute Gasteiger partial charge is 0.258 e. The van der Waals surface area contributed by atoms with Crippen molar-refractivity contribution in [3.05, 3.63) is 63.1 Å². The standard InChI is InChI=1S/C16H14Cl3NO2/c1-10(12-4-2-3-5-13(12)18)20-16(21)9-22-15-7-6-11(17)8-14(15)19/h2-8,10H,9H2,1H3,(H,20,21)/t10-/m0/s1. The molecule has 0 unspecified atom stereocenters. The number of benzene rings is 2. The van der Waals surface area contributed by atoms with Crippen LogP contribution in [0.5, 0.6) is 5.75 Å². The van der Waals surface area contributed by atoms with E-state index in [-0.39, 0.29) is 18.6 Å². The van der Waals surface area contributed by atoms with E-state index >= 15 is 0 Å². The summed E-state index contributed by atoms with van der Waals surface area (Å²) in [6.07, 6.45) is 0. The number of amides is 1. The Morgan fingerprint density at radius 2 is 1.86 bits per heavy atom. The fraction of sp³-hybridized carbons (Fsp3) is 0.188. The summed E-state index contributed by atoms with van der Waals surface area (Å²) in [6.45, 7) is 1.71. The Balaban J connectivity index is 1.92. The first-order valence-corrected chi connectivity index (χ1v) is 7.72. The van der Waals surface area contributed by atoms with E-state index in [1.165, 1.54) is 0 Å². The zero-order valence-electron chi connectivity index (χ0n) is 11.8. The van der Waals surface area contributed by atoms with E-state index in [0.29, 0.717) is 20.8 Å². The largest absolute Gasteiger partial charge is 0.482 e. The molecule has 22 heavy (non-hydrogen) atoms. The Morgan fingerprint density at radius 3 is 2.55 bits per heavy atom. The van der Waals surface area contributed by atoms with Gasteiger partial charge in [0.25, 0.3) is 5.91 Å². The van der Waals surface area contributed by atoms with Crippen LogP contribution in [0.25, 0.3) is 0 Å². The molecule has 2 aromatic rings. The average Bonchev–Trinajstić information content (AvgIpc) is 2.46. The highest BCUT2D eigenvalue weighted by Crippen LogP contribution is 2.27. The lowest BCUT2D eigenvalue weighted by atomic mass is 10.1. The summed E-state index contributed by atoms with van der Waals surface area (Å²) in [6, 6.07) is 12.0. The second-order valence-corrected chi connectivity index (χ2v) is 5.92. The second kappa shape index (κ2) is 7.73. The molecule has 2 aromatic carbocycles. The molecule has 6 heteroatoms. The summed E-state index contributed by atoms with van der Waals surface area (Å²) in [5.41, 5.74) is 0.849. The van der Waals surface area contributed by atoms with Crippen molar-refractivity contribution in [3.63, 3.8) is 0 Å². The molecule has 0 saturated heterocycles. The monoisotopic (exact) mass is 357 g/mol. The number of rotatable bonds is 5. The van der Waals surface area contributed by atoms with Crippen LogP contribution in [0, 0.1) is 0 Å². The van der Waals surface area contributed by atoms with Crippen LogP contribution >= 0.6 is 34.8 Å². The van der Waals surface area contributed by atoms with E-state index < -0.39 is 0 Å². The minimum absolute atomic E-state index is 0.143. The van der Waals surface area contributed by atoms with Crippen molar-refractivity contribution in [2.45, 2.75) is 13.0 Å². The van der Waals surface area contributed by atoms with Crippen molar-refractivity contribution in [3.8, 4) is 5.75 Å². The Labute approximate surface area is 144 Å². The van der Waals surface area contributed by atoms with Crippen LogP contribution in [0.3, 0.4) is 0 Å². The lowest BCUT2D eigenvalue weighted by Crippen LogP contribution is -2.31. The number of ether oxygens (including phenoxy) is 1. The van der Waals surface area contributed by atoms with Gasteiger partial charge in [-0.05, 0) is 36.8 Å². The van der Waals surface area contributed by atoms with Crippen LogP contribution < -0.4 is 10.1 Å². The molecule has 0 aromatic heterocycles. The predicted octanol–water partition coefficient (Wildman–Crippen LogP) is 4.90. The van der Waals surface area contributed by atoms with Crippen molar-refractivity contribution >= 4 is 40.7 Å².